The maximum absolute atomic E-state index is 11.7. The molecule has 0 amide bonds. The minimum absolute atomic E-state index is 0. The van der Waals surface area contributed by atoms with Crippen LogP contribution in [0.25, 0.3) is 0 Å². The third-order valence-corrected chi connectivity index (χ3v) is 4.85. The predicted molar refractivity (Wildman–Crippen MR) is 107 cm³/mol. The molecular formula is C18H13N4NaO7S. The van der Waals surface area contributed by atoms with Crippen LogP contribution in [0, 0.1) is 20.2 Å². The molecule has 31 heavy (non-hydrogen) atoms. The Morgan fingerprint density at radius 3 is 1.94 bits per heavy atom. The number of anilines is 4. The number of para-hydroxylation sites is 1. The minimum atomic E-state index is -4.89. The average molecular weight is 452 g/mol. The van der Waals surface area contributed by atoms with Gasteiger partial charge in [0.1, 0.15) is 15.8 Å². The maximum Gasteiger partial charge on any atom is 1.00 e. The van der Waals surface area contributed by atoms with Gasteiger partial charge in [-0.2, -0.15) is 0 Å². The summed E-state index contributed by atoms with van der Waals surface area (Å²) < 4.78 is 35.2. The second-order valence-corrected chi connectivity index (χ2v) is 7.34. The Morgan fingerprint density at radius 1 is 0.742 bits per heavy atom. The fourth-order valence-corrected chi connectivity index (χ4v) is 3.29. The number of nitrogens with zero attached hydrogens (tertiary/aromatic N) is 2. The van der Waals surface area contributed by atoms with Crippen molar-refractivity contribution in [3.8, 4) is 0 Å². The predicted octanol–water partition coefficient (Wildman–Crippen LogP) is 0.898. The molecule has 0 aliphatic carbocycles. The largest absolute Gasteiger partial charge is 1.00 e. The molecule has 0 atom stereocenters. The molecule has 0 aliphatic rings. The zero-order valence-electron chi connectivity index (χ0n) is 16.0. The Kier molecular flexibility index (Phi) is 7.70. The van der Waals surface area contributed by atoms with E-state index in [1.54, 1.807) is 30.3 Å². The summed E-state index contributed by atoms with van der Waals surface area (Å²) in [6.45, 7) is 0. The second kappa shape index (κ2) is 9.85. The molecular weight excluding hydrogens is 439 g/mol. The van der Waals surface area contributed by atoms with Gasteiger partial charge < -0.3 is 15.2 Å². The van der Waals surface area contributed by atoms with Crippen molar-refractivity contribution in [3.63, 3.8) is 0 Å². The molecule has 11 nitrogen and oxygen atoms in total. The van der Waals surface area contributed by atoms with Gasteiger partial charge in [0.05, 0.1) is 26.5 Å². The number of nitrogens with one attached hydrogen (secondary N) is 2. The van der Waals surface area contributed by atoms with Crippen LogP contribution in [0.2, 0.25) is 0 Å². The number of rotatable bonds is 7. The quantitative estimate of drug-likeness (QED) is 0.229. The van der Waals surface area contributed by atoms with Crippen LogP contribution >= 0.6 is 0 Å². The number of nitro benzene ring substituents is 2. The summed E-state index contributed by atoms with van der Waals surface area (Å²) in [6.07, 6.45) is 0. The molecule has 0 fully saturated rings. The van der Waals surface area contributed by atoms with Crippen molar-refractivity contribution < 1.29 is 52.4 Å². The SMILES string of the molecule is O=[N+]([O-])c1ccc(Nc2ccc(Nc3ccccc3)c(S(=O)(=O)[O-])c2)c([N+](=O)[O-])c1.[Na+]. The Bertz CT molecular complexity index is 1240. The van der Waals surface area contributed by atoms with E-state index in [1.807, 2.05) is 0 Å². The molecule has 154 valence electrons. The van der Waals surface area contributed by atoms with Gasteiger partial charge in [-0.25, -0.2) is 8.42 Å². The molecule has 0 aromatic heterocycles. The van der Waals surface area contributed by atoms with Gasteiger partial charge in [0, 0.05) is 17.4 Å². The molecule has 0 spiro atoms. The van der Waals surface area contributed by atoms with Gasteiger partial charge in [0.25, 0.3) is 11.4 Å². The van der Waals surface area contributed by atoms with E-state index >= 15 is 0 Å². The number of hydrogen-bond donors (Lipinski definition) is 2. The van der Waals surface area contributed by atoms with Crippen molar-refractivity contribution in [1.29, 1.82) is 0 Å². The summed E-state index contributed by atoms with van der Waals surface area (Å²) in [5, 5.41) is 27.6. The summed E-state index contributed by atoms with van der Waals surface area (Å²) in [4.78, 5) is 19.9. The number of non-ortho nitro benzene ring substituents is 1. The monoisotopic (exact) mass is 452 g/mol. The van der Waals surface area contributed by atoms with Crippen LogP contribution in [0.15, 0.2) is 71.6 Å². The molecule has 0 bridgehead atoms. The summed E-state index contributed by atoms with van der Waals surface area (Å²) in [5.41, 5.74) is -0.516. The first-order valence-electron chi connectivity index (χ1n) is 8.27. The van der Waals surface area contributed by atoms with Crippen molar-refractivity contribution in [2.45, 2.75) is 4.90 Å². The van der Waals surface area contributed by atoms with E-state index in [0.717, 1.165) is 24.3 Å². The van der Waals surface area contributed by atoms with Crippen LogP contribution in [0.5, 0.6) is 0 Å². The molecule has 0 saturated carbocycles. The van der Waals surface area contributed by atoms with E-state index in [1.165, 1.54) is 12.1 Å². The van der Waals surface area contributed by atoms with E-state index < -0.39 is 36.2 Å². The zero-order chi connectivity index (χ0) is 21.9. The summed E-state index contributed by atoms with van der Waals surface area (Å²) in [7, 11) is -4.89. The molecule has 0 saturated heterocycles. The molecule has 0 unspecified atom stereocenters. The maximum atomic E-state index is 11.7. The number of benzene rings is 3. The van der Waals surface area contributed by atoms with E-state index in [2.05, 4.69) is 10.6 Å². The van der Waals surface area contributed by atoms with Gasteiger partial charge in [-0.1, -0.05) is 18.2 Å². The second-order valence-electron chi connectivity index (χ2n) is 6.00. The Balaban J connectivity index is 0.00000341. The Hall–Kier alpha value is -3.03. The first-order chi connectivity index (χ1) is 14.1. The average Bonchev–Trinajstić information content (AvgIpc) is 2.69. The van der Waals surface area contributed by atoms with Crippen molar-refractivity contribution >= 4 is 44.2 Å². The zero-order valence-corrected chi connectivity index (χ0v) is 18.8. The van der Waals surface area contributed by atoms with Crippen LogP contribution in [-0.2, 0) is 10.1 Å². The van der Waals surface area contributed by atoms with Crippen LogP contribution in [-0.4, -0.2) is 22.8 Å². The summed E-state index contributed by atoms with van der Waals surface area (Å²) >= 11 is 0. The minimum Gasteiger partial charge on any atom is -0.744 e. The molecule has 0 radical (unpaired) electrons. The van der Waals surface area contributed by atoms with Gasteiger partial charge in [-0.3, -0.25) is 20.2 Å². The summed E-state index contributed by atoms with van der Waals surface area (Å²) in [6, 6.07) is 15.3. The number of hydrogen-bond acceptors (Lipinski definition) is 9. The third-order valence-electron chi connectivity index (χ3n) is 3.97. The van der Waals surface area contributed by atoms with E-state index in [9.17, 15) is 33.2 Å². The molecule has 3 rings (SSSR count). The van der Waals surface area contributed by atoms with E-state index in [0.29, 0.717) is 5.69 Å². The first-order valence-corrected chi connectivity index (χ1v) is 9.68. The molecule has 2 N–H and O–H groups in total. The smallest absolute Gasteiger partial charge is 0.744 e. The molecule has 0 heterocycles. The molecule has 13 heteroatoms. The van der Waals surface area contributed by atoms with Crippen LogP contribution in [0.3, 0.4) is 0 Å². The van der Waals surface area contributed by atoms with Gasteiger partial charge in [0.15, 0.2) is 0 Å². The van der Waals surface area contributed by atoms with Gasteiger partial charge in [0.2, 0.25) is 0 Å². The molecule has 0 aliphatic heterocycles. The summed E-state index contributed by atoms with van der Waals surface area (Å²) in [5.74, 6) is 0. The Morgan fingerprint density at radius 2 is 1.35 bits per heavy atom. The third kappa shape index (κ3) is 5.99. The topological polar surface area (TPSA) is 168 Å². The molecule has 3 aromatic rings. The fourth-order valence-electron chi connectivity index (χ4n) is 2.63. The molecule has 3 aromatic carbocycles. The number of nitro groups is 2. The first kappa shape index (κ1) is 24.2. The Labute approximate surface area is 198 Å². The van der Waals surface area contributed by atoms with Crippen molar-refractivity contribution in [3.05, 3.63) is 87.0 Å². The van der Waals surface area contributed by atoms with Crippen molar-refractivity contribution in [2.24, 2.45) is 0 Å². The van der Waals surface area contributed by atoms with Crippen LogP contribution in [0.4, 0.5) is 34.1 Å². The van der Waals surface area contributed by atoms with Gasteiger partial charge >= 0.3 is 29.6 Å². The van der Waals surface area contributed by atoms with E-state index in [4.69, 9.17) is 0 Å². The van der Waals surface area contributed by atoms with E-state index in [-0.39, 0.29) is 46.6 Å². The van der Waals surface area contributed by atoms with Crippen molar-refractivity contribution in [1.82, 2.24) is 0 Å². The van der Waals surface area contributed by atoms with Crippen LogP contribution in [0.1, 0.15) is 0 Å². The normalized spacial score (nSPS) is 10.6. The standard InChI is InChI=1S/C18H14N4O7S.Na/c23-21(24)14-7-9-15(17(11-14)22(25)26)20-13-6-8-16(18(10-13)30(27,28)29)19-12-4-2-1-3-5-12;/h1-11,19-20H,(H,27,28,29);/q;+1/p-1. The fraction of sp³-hybridized carbons (Fsp3) is 0. The van der Waals surface area contributed by atoms with Gasteiger partial charge in [-0.15, -0.1) is 0 Å². The van der Waals surface area contributed by atoms with Crippen molar-refractivity contribution in [2.75, 3.05) is 10.6 Å². The van der Waals surface area contributed by atoms with Crippen LogP contribution < -0.4 is 40.2 Å². The van der Waals surface area contributed by atoms with Gasteiger partial charge in [-0.05, 0) is 36.4 Å².